The van der Waals surface area contributed by atoms with Crippen LogP contribution in [0.2, 0.25) is 0 Å². The van der Waals surface area contributed by atoms with Crippen LogP contribution in [0.3, 0.4) is 0 Å². The van der Waals surface area contributed by atoms with Gasteiger partial charge in [0.05, 0.1) is 13.3 Å². The van der Waals surface area contributed by atoms with E-state index in [-0.39, 0.29) is 11.8 Å². The van der Waals surface area contributed by atoms with Gasteiger partial charge in [-0.15, -0.1) is 0 Å². The molecule has 1 aromatic heterocycles. The highest BCUT2D eigenvalue weighted by Crippen LogP contribution is 2.42. The number of ether oxygens (including phenoxy) is 2. The summed E-state index contributed by atoms with van der Waals surface area (Å²) in [7, 11) is 1.30. The highest BCUT2D eigenvalue weighted by Gasteiger charge is 2.29. The number of pyridine rings is 1. The zero-order chi connectivity index (χ0) is 21.6. The summed E-state index contributed by atoms with van der Waals surface area (Å²) < 4.78 is 10.4. The number of amides is 2. The van der Waals surface area contributed by atoms with Crippen LogP contribution in [-0.4, -0.2) is 36.9 Å². The number of carbonyl (C=O) groups is 2. The van der Waals surface area contributed by atoms with Crippen molar-refractivity contribution < 1.29 is 19.1 Å². The predicted molar refractivity (Wildman–Crippen MR) is 118 cm³/mol. The molecule has 1 atom stereocenters. The van der Waals surface area contributed by atoms with Gasteiger partial charge in [0.25, 0.3) is 5.91 Å². The van der Waals surface area contributed by atoms with E-state index in [1.54, 1.807) is 18.5 Å². The van der Waals surface area contributed by atoms with E-state index >= 15 is 0 Å². The van der Waals surface area contributed by atoms with Crippen LogP contribution < -0.4 is 10.1 Å². The predicted octanol–water partition coefficient (Wildman–Crippen LogP) is 4.65. The van der Waals surface area contributed by atoms with Crippen molar-refractivity contribution >= 4 is 24.0 Å². The van der Waals surface area contributed by atoms with Gasteiger partial charge >= 0.3 is 6.09 Å². The number of nitrogens with one attached hydrogen (secondary N) is 1. The van der Waals surface area contributed by atoms with Crippen molar-refractivity contribution in [1.82, 2.24) is 4.98 Å². The molecular weight excluding hydrogens is 394 g/mol. The maximum Gasteiger partial charge on any atom is 0.412 e. The second-order valence-corrected chi connectivity index (χ2v) is 7.63. The SMILES string of the molecule is COC(=O)Nc1cc2c(cn1)OCC1=CC(C(=O)N=CCCC3=CC=CCC3)=CCC12. The summed E-state index contributed by atoms with van der Waals surface area (Å²) in [5.41, 5.74) is 3.94. The van der Waals surface area contributed by atoms with Gasteiger partial charge in [0.15, 0.2) is 0 Å². The highest BCUT2D eigenvalue weighted by molar-refractivity contribution is 6.01. The van der Waals surface area contributed by atoms with E-state index in [9.17, 15) is 9.59 Å². The number of fused-ring (bicyclic) bond motifs is 3. The molecule has 0 aromatic carbocycles. The Hall–Kier alpha value is -3.48. The van der Waals surface area contributed by atoms with E-state index in [1.165, 1.54) is 12.7 Å². The van der Waals surface area contributed by atoms with Gasteiger partial charge in [-0.3, -0.25) is 10.1 Å². The Morgan fingerprint density at radius 2 is 2.32 bits per heavy atom. The number of anilines is 1. The Bertz CT molecular complexity index is 1030. The quantitative estimate of drug-likeness (QED) is 0.702. The largest absolute Gasteiger partial charge is 0.487 e. The standard InChI is InChI=1S/C24H25N3O4/c1-30-24(29)27-22-13-20-19-10-9-17(12-18(19)15-31-21(20)14-26-22)23(28)25-11-5-8-16-6-3-2-4-7-16/h2-3,6,9,11-14,19H,4-5,7-8,10,15H2,1H3,(H,26,27,29). The third kappa shape index (κ3) is 4.99. The van der Waals surface area contributed by atoms with Crippen molar-refractivity contribution in [3.05, 3.63) is 64.9 Å². The number of hydrogen-bond donors (Lipinski definition) is 1. The number of allylic oxidation sites excluding steroid dienone is 5. The molecule has 7 heteroatoms. The monoisotopic (exact) mass is 419 g/mol. The first-order valence-electron chi connectivity index (χ1n) is 10.4. The van der Waals surface area contributed by atoms with Crippen molar-refractivity contribution in [3.63, 3.8) is 0 Å². The third-order valence-corrected chi connectivity index (χ3v) is 5.60. The lowest BCUT2D eigenvalue weighted by atomic mass is 9.82. The molecule has 2 amide bonds. The first kappa shape index (κ1) is 20.8. The van der Waals surface area contributed by atoms with Crippen LogP contribution in [0.5, 0.6) is 5.75 Å². The van der Waals surface area contributed by atoms with E-state index in [0.29, 0.717) is 30.2 Å². The van der Waals surface area contributed by atoms with Crippen molar-refractivity contribution in [2.24, 2.45) is 4.99 Å². The number of rotatable bonds is 5. The van der Waals surface area contributed by atoms with Gasteiger partial charge in [-0.05, 0) is 49.8 Å². The first-order chi connectivity index (χ1) is 15.1. The smallest absolute Gasteiger partial charge is 0.412 e. The fourth-order valence-electron chi connectivity index (χ4n) is 3.94. The summed E-state index contributed by atoms with van der Waals surface area (Å²) in [6, 6.07) is 1.79. The average Bonchev–Trinajstić information content (AvgIpc) is 2.81. The van der Waals surface area contributed by atoms with E-state index in [2.05, 4.69) is 38.3 Å². The number of methoxy groups -OCH3 is 1. The molecule has 3 aliphatic rings. The molecule has 1 aliphatic heterocycles. The van der Waals surface area contributed by atoms with E-state index in [0.717, 1.165) is 36.8 Å². The molecule has 2 aliphatic carbocycles. The summed E-state index contributed by atoms with van der Waals surface area (Å²) in [5, 5.41) is 2.57. The van der Waals surface area contributed by atoms with Crippen molar-refractivity contribution in [3.8, 4) is 5.75 Å². The molecule has 0 saturated carbocycles. The third-order valence-electron chi connectivity index (χ3n) is 5.60. The van der Waals surface area contributed by atoms with Crippen LogP contribution in [0.15, 0.2) is 64.4 Å². The Labute approximate surface area is 181 Å². The van der Waals surface area contributed by atoms with Gasteiger partial charge < -0.3 is 9.47 Å². The molecule has 4 rings (SSSR count). The topological polar surface area (TPSA) is 89.9 Å². The van der Waals surface area contributed by atoms with Crippen molar-refractivity contribution in [2.45, 2.75) is 38.0 Å². The Morgan fingerprint density at radius 3 is 3.13 bits per heavy atom. The maximum absolute atomic E-state index is 12.5. The molecule has 7 nitrogen and oxygen atoms in total. The van der Waals surface area contributed by atoms with Crippen molar-refractivity contribution in [2.75, 3.05) is 19.0 Å². The van der Waals surface area contributed by atoms with Gasteiger partial charge in [0.1, 0.15) is 18.2 Å². The Morgan fingerprint density at radius 1 is 1.42 bits per heavy atom. The van der Waals surface area contributed by atoms with Gasteiger partial charge in [0.2, 0.25) is 0 Å². The number of aliphatic imine (C=N–C) groups is 1. The highest BCUT2D eigenvalue weighted by atomic mass is 16.5. The molecule has 1 unspecified atom stereocenters. The Balaban J connectivity index is 1.40. The minimum Gasteiger partial charge on any atom is -0.487 e. The van der Waals surface area contributed by atoms with Crippen LogP contribution in [0.4, 0.5) is 10.6 Å². The molecular formula is C24H25N3O4. The molecule has 0 radical (unpaired) electrons. The normalized spacial score (nSPS) is 19.4. The molecule has 31 heavy (non-hydrogen) atoms. The van der Waals surface area contributed by atoms with E-state index in [1.807, 2.05) is 12.2 Å². The Kier molecular flexibility index (Phi) is 6.40. The van der Waals surface area contributed by atoms with Gasteiger partial charge in [0, 0.05) is 23.3 Å². The fourth-order valence-corrected chi connectivity index (χ4v) is 3.94. The zero-order valence-electron chi connectivity index (χ0n) is 17.5. The summed E-state index contributed by atoms with van der Waals surface area (Å²) in [5.74, 6) is 0.939. The van der Waals surface area contributed by atoms with Crippen LogP contribution in [0.1, 0.15) is 43.6 Å². The van der Waals surface area contributed by atoms with Crippen molar-refractivity contribution in [1.29, 1.82) is 0 Å². The summed E-state index contributed by atoms with van der Waals surface area (Å²) in [6.45, 7) is 0.402. The number of hydrogen-bond acceptors (Lipinski definition) is 5. The van der Waals surface area contributed by atoms with Crippen LogP contribution >= 0.6 is 0 Å². The maximum atomic E-state index is 12.5. The summed E-state index contributed by atoms with van der Waals surface area (Å²) in [4.78, 5) is 32.3. The second-order valence-electron chi connectivity index (χ2n) is 7.63. The number of aromatic nitrogens is 1. The molecule has 0 spiro atoms. The minimum absolute atomic E-state index is 0.0803. The molecule has 1 aromatic rings. The minimum atomic E-state index is -0.578. The molecule has 1 N–H and O–H groups in total. The lowest BCUT2D eigenvalue weighted by Crippen LogP contribution is -2.21. The van der Waals surface area contributed by atoms with E-state index in [4.69, 9.17) is 4.74 Å². The summed E-state index contributed by atoms with van der Waals surface area (Å²) in [6.07, 6.45) is 17.5. The molecule has 0 saturated heterocycles. The second kappa shape index (κ2) is 9.55. The van der Waals surface area contributed by atoms with Gasteiger partial charge in [-0.25, -0.2) is 14.8 Å². The average molecular weight is 419 g/mol. The molecule has 0 fully saturated rings. The lowest BCUT2D eigenvalue weighted by Gasteiger charge is -2.30. The van der Waals surface area contributed by atoms with Crippen LogP contribution in [-0.2, 0) is 9.53 Å². The summed E-state index contributed by atoms with van der Waals surface area (Å²) >= 11 is 0. The first-order valence-corrected chi connectivity index (χ1v) is 10.4. The number of nitrogens with zero attached hydrogens (tertiary/aromatic N) is 2. The van der Waals surface area contributed by atoms with Crippen LogP contribution in [0, 0.1) is 0 Å². The van der Waals surface area contributed by atoms with E-state index < -0.39 is 6.09 Å². The van der Waals surface area contributed by atoms with Crippen LogP contribution in [0.25, 0.3) is 0 Å². The molecule has 2 heterocycles. The van der Waals surface area contributed by atoms with Gasteiger partial charge in [-0.2, -0.15) is 0 Å². The fraction of sp³-hybridized carbons (Fsp3) is 0.333. The zero-order valence-corrected chi connectivity index (χ0v) is 17.5. The number of carbonyl (C=O) groups excluding carboxylic acids is 2. The lowest BCUT2D eigenvalue weighted by molar-refractivity contribution is -0.114. The van der Waals surface area contributed by atoms with Gasteiger partial charge in [-0.1, -0.05) is 29.9 Å². The molecule has 160 valence electrons. The molecule has 0 bridgehead atoms.